The Morgan fingerprint density at radius 1 is 0.895 bits per heavy atom. The minimum absolute atomic E-state index is 0.171. The molecule has 2 aromatic carbocycles. The average Bonchev–Trinajstić information content (AvgIpc) is 2.46. The topological polar surface area (TPSA) is 63.6 Å². The van der Waals surface area contributed by atoms with Gasteiger partial charge < -0.3 is 9.84 Å². The van der Waals surface area contributed by atoms with E-state index in [9.17, 15) is 9.59 Å². The van der Waals surface area contributed by atoms with E-state index < -0.39 is 11.8 Å². The van der Waals surface area contributed by atoms with E-state index in [0.717, 1.165) is 16.9 Å². The molecule has 0 aliphatic rings. The van der Waals surface area contributed by atoms with E-state index in [2.05, 4.69) is 0 Å². The Morgan fingerprint density at radius 2 is 1.37 bits per heavy atom. The first-order valence-electron chi connectivity index (χ1n) is 5.64. The van der Waals surface area contributed by atoms with Gasteiger partial charge in [0.15, 0.2) is 0 Å². The van der Waals surface area contributed by atoms with E-state index in [1.807, 2.05) is 24.3 Å². The summed E-state index contributed by atoms with van der Waals surface area (Å²) in [6.07, 6.45) is 0. The summed E-state index contributed by atoms with van der Waals surface area (Å²) < 4.78 is 5.07. The second-order valence-electron chi connectivity index (χ2n) is 3.94. The SMILES string of the molecule is COc1ccc(-c2ccc(C(=O)C(=O)O)cc2)cc1. The molecule has 0 fully saturated rings. The van der Waals surface area contributed by atoms with Gasteiger partial charge in [0.1, 0.15) is 5.75 Å². The predicted molar refractivity (Wildman–Crippen MR) is 70.4 cm³/mol. The van der Waals surface area contributed by atoms with Crippen molar-refractivity contribution in [1.29, 1.82) is 0 Å². The van der Waals surface area contributed by atoms with Gasteiger partial charge in [-0.3, -0.25) is 4.79 Å². The maximum Gasteiger partial charge on any atom is 0.377 e. The number of rotatable bonds is 4. The number of hydrogen-bond donors (Lipinski definition) is 1. The number of hydrogen-bond acceptors (Lipinski definition) is 3. The van der Waals surface area contributed by atoms with Crippen molar-refractivity contribution in [3.05, 3.63) is 54.1 Å². The lowest BCUT2D eigenvalue weighted by Gasteiger charge is -2.04. The molecule has 0 spiro atoms. The van der Waals surface area contributed by atoms with Crippen molar-refractivity contribution in [3.8, 4) is 16.9 Å². The first-order chi connectivity index (χ1) is 9.11. The molecule has 0 heterocycles. The summed E-state index contributed by atoms with van der Waals surface area (Å²) in [4.78, 5) is 21.8. The first-order valence-corrected chi connectivity index (χ1v) is 5.64. The van der Waals surface area contributed by atoms with Crippen LogP contribution >= 0.6 is 0 Å². The fraction of sp³-hybridized carbons (Fsp3) is 0.0667. The van der Waals surface area contributed by atoms with Crippen molar-refractivity contribution in [2.45, 2.75) is 0 Å². The van der Waals surface area contributed by atoms with Gasteiger partial charge >= 0.3 is 5.97 Å². The summed E-state index contributed by atoms with van der Waals surface area (Å²) in [7, 11) is 1.60. The summed E-state index contributed by atoms with van der Waals surface area (Å²) in [6.45, 7) is 0. The Balaban J connectivity index is 2.26. The molecule has 0 saturated carbocycles. The van der Waals surface area contributed by atoms with Crippen LogP contribution in [-0.2, 0) is 4.79 Å². The lowest BCUT2D eigenvalue weighted by atomic mass is 10.0. The Hall–Kier alpha value is -2.62. The van der Waals surface area contributed by atoms with Gasteiger partial charge in [-0.1, -0.05) is 36.4 Å². The van der Waals surface area contributed by atoms with E-state index in [0.29, 0.717) is 0 Å². The molecule has 4 heteroatoms. The minimum Gasteiger partial charge on any atom is -0.497 e. The molecule has 0 bridgehead atoms. The number of Topliss-reactive ketones (excluding diaryl/α,β-unsaturated/α-hetero) is 1. The van der Waals surface area contributed by atoms with E-state index in [1.54, 1.807) is 19.2 Å². The fourth-order valence-corrected chi connectivity index (χ4v) is 1.72. The fourth-order valence-electron chi connectivity index (χ4n) is 1.72. The number of aliphatic carboxylic acids is 1. The van der Waals surface area contributed by atoms with Crippen molar-refractivity contribution < 1.29 is 19.4 Å². The number of benzene rings is 2. The van der Waals surface area contributed by atoms with Gasteiger partial charge in [0.25, 0.3) is 5.78 Å². The maximum atomic E-state index is 11.3. The van der Waals surface area contributed by atoms with Crippen LogP contribution in [0, 0.1) is 0 Å². The lowest BCUT2D eigenvalue weighted by Crippen LogP contribution is -2.12. The summed E-state index contributed by atoms with van der Waals surface area (Å²) in [6, 6.07) is 13.9. The average molecular weight is 256 g/mol. The van der Waals surface area contributed by atoms with Crippen LogP contribution in [0.15, 0.2) is 48.5 Å². The molecular formula is C15H12O4. The Labute approximate surface area is 110 Å². The molecule has 0 aromatic heterocycles. The molecule has 0 aliphatic heterocycles. The zero-order valence-electron chi connectivity index (χ0n) is 10.3. The van der Waals surface area contributed by atoms with Crippen molar-refractivity contribution in [2.75, 3.05) is 7.11 Å². The van der Waals surface area contributed by atoms with Crippen molar-refractivity contribution in [1.82, 2.24) is 0 Å². The van der Waals surface area contributed by atoms with Crippen LogP contribution in [0.2, 0.25) is 0 Å². The third kappa shape index (κ3) is 2.80. The molecule has 1 N–H and O–H groups in total. The van der Waals surface area contributed by atoms with Crippen LogP contribution in [0.4, 0.5) is 0 Å². The molecule has 0 radical (unpaired) electrons. The second kappa shape index (κ2) is 5.35. The van der Waals surface area contributed by atoms with Crippen LogP contribution < -0.4 is 4.74 Å². The van der Waals surface area contributed by atoms with Crippen LogP contribution in [0.5, 0.6) is 5.75 Å². The molecule has 0 atom stereocenters. The Kier molecular flexibility index (Phi) is 3.61. The summed E-state index contributed by atoms with van der Waals surface area (Å²) in [5, 5.41) is 8.62. The minimum atomic E-state index is -1.45. The molecule has 2 aromatic rings. The highest BCUT2D eigenvalue weighted by Gasteiger charge is 2.13. The van der Waals surface area contributed by atoms with Gasteiger partial charge in [0, 0.05) is 5.56 Å². The van der Waals surface area contributed by atoms with E-state index in [-0.39, 0.29) is 5.56 Å². The molecule has 96 valence electrons. The molecule has 0 amide bonds. The first kappa shape index (κ1) is 12.8. The number of ketones is 1. The van der Waals surface area contributed by atoms with Crippen LogP contribution in [0.25, 0.3) is 11.1 Å². The lowest BCUT2D eigenvalue weighted by molar-refractivity contribution is -0.131. The predicted octanol–water partition coefficient (Wildman–Crippen LogP) is 2.63. The highest BCUT2D eigenvalue weighted by atomic mass is 16.5. The van der Waals surface area contributed by atoms with E-state index in [4.69, 9.17) is 9.84 Å². The number of ether oxygens (including phenoxy) is 1. The summed E-state index contributed by atoms with van der Waals surface area (Å²) >= 11 is 0. The van der Waals surface area contributed by atoms with Crippen molar-refractivity contribution in [3.63, 3.8) is 0 Å². The Morgan fingerprint density at radius 3 is 1.79 bits per heavy atom. The number of methoxy groups -OCH3 is 1. The van der Waals surface area contributed by atoms with Crippen LogP contribution in [0.1, 0.15) is 10.4 Å². The molecule has 4 nitrogen and oxygen atoms in total. The van der Waals surface area contributed by atoms with Gasteiger partial charge in [0.05, 0.1) is 7.11 Å². The van der Waals surface area contributed by atoms with E-state index >= 15 is 0 Å². The molecule has 0 unspecified atom stereocenters. The zero-order valence-corrected chi connectivity index (χ0v) is 10.3. The highest BCUT2D eigenvalue weighted by Crippen LogP contribution is 2.22. The third-order valence-corrected chi connectivity index (χ3v) is 2.76. The maximum absolute atomic E-state index is 11.3. The van der Waals surface area contributed by atoms with Crippen LogP contribution in [-0.4, -0.2) is 24.0 Å². The molecule has 0 aliphatic carbocycles. The van der Waals surface area contributed by atoms with Crippen molar-refractivity contribution >= 4 is 11.8 Å². The van der Waals surface area contributed by atoms with Gasteiger partial charge in [-0.15, -0.1) is 0 Å². The number of carboxylic acid groups (broad SMARTS) is 1. The molecular weight excluding hydrogens is 244 g/mol. The standard InChI is InChI=1S/C15H12O4/c1-19-13-8-6-11(7-9-13)10-2-4-12(5-3-10)14(16)15(17)18/h2-9H,1H3,(H,17,18). The van der Waals surface area contributed by atoms with Gasteiger partial charge in [-0.25, -0.2) is 4.79 Å². The smallest absolute Gasteiger partial charge is 0.377 e. The number of carbonyl (C=O) groups excluding carboxylic acids is 1. The summed E-state index contributed by atoms with van der Waals surface area (Å²) in [5.41, 5.74) is 2.05. The van der Waals surface area contributed by atoms with Gasteiger partial charge in [-0.2, -0.15) is 0 Å². The van der Waals surface area contributed by atoms with E-state index in [1.165, 1.54) is 12.1 Å². The van der Waals surface area contributed by atoms with Crippen LogP contribution in [0.3, 0.4) is 0 Å². The third-order valence-electron chi connectivity index (χ3n) is 2.76. The highest BCUT2D eigenvalue weighted by molar-refractivity contribution is 6.39. The number of carbonyl (C=O) groups is 2. The second-order valence-corrected chi connectivity index (χ2v) is 3.94. The normalized spacial score (nSPS) is 9.95. The quantitative estimate of drug-likeness (QED) is 0.674. The zero-order chi connectivity index (χ0) is 13.8. The Bertz CT molecular complexity index is 597. The van der Waals surface area contributed by atoms with Gasteiger partial charge in [-0.05, 0) is 23.3 Å². The number of carboxylic acids is 1. The molecule has 2 rings (SSSR count). The molecule has 19 heavy (non-hydrogen) atoms. The van der Waals surface area contributed by atoms with Gasteiger partial charge in [0.2, 0.25) is 0 Å². The van der Waals surface area contributed by atoms with Crippen molar-refractivity contribution in [2.24, 2.45) is 0 Å². The largest absolute Gasteiger partial charge is 0.497 e. The monoisotopic (exact) mass is 256 g/mol. The summed E-state index contributed by atoms with van der Waals surface area (Å²) in [5.74, 6) is -1.58. The molecule has 0 saturated heterocycles.